The summed E-state index contributed by atoms with van der Waals surface area (Å²) in [5.74, 6) is -0.165. The second-order valence-corrected chi connectivity index (χ2v) is 8.95. The van der Waals surface area contributed by atoms with Crippen LogP contribution >= 0.6 is 0 Å². The van der Waals surface area contributed by atoms with E-state index < -0.39 is 0 Å². The Labute approximate surface area is 164 Å². The van der Waals surface area contributed by atoms with Crippen LogP contribution in [0.25, 0.3) is 0 Å². The van der Waals surface area contributed by atoms with Crippen molar-refractivity contribution in [2.75, 3.05) is 13.2 Å². The molecule has 6 rings (SSSR count). The number of hydrogen-bond acceptors (Lipinski definition) is 4. The van der Waals surface area contributed by atoms with E-state index in [2.05, 4.69) is 12.2 Å². The maximum atomic E-state index is 12.3. The number of rotatable bonds is 0. The van der Waals surface area contributed by atoms with Crippen LogP contribution in [0.5, 0.6) is 0 Å². The summed E-state index contributed by atoms with van der Waals surface area (Å²) < 4.78 is 11.0. The Kier molecular flexibility index (Phi) is 7.37. The Bertz CT molecular complexity index is 473. The number of carbonyl (C=O) groups is 2. The molecule has 0 amide bonds. The maximum absolute atomic E-state index is 12.3. The molecule has 0 spiro atoms. The molecule has 152 valence electrons. The van der Waals surface area contributed by atoms with E-state index in [-0.39, 0.29) is 22.8 Å². The van der Waals surface area contributed by atoms with Crippen LogP contribution in [0, 0.1) is 10.8 Å². The van der Waals surface area contributed by atoms with E-state index in [9.17, 15) is 9.59 Å². The average Bonchev–Trinajstić information content (AvgIpc) is 2.57. The van der Waals surface area contributed by atoms with Gasteiger partial charge in [0.15, 0.2) is 0 Å². The van der Waals surface area contributed by atoms with Gasteiger partial charge in [-0.25, -0.2) is 0 Å². The predicted molar refractivity (Wildman–Crippen MR) is 105 cm³/mol. The van der Waals surface area contributed by atoms with Crippen LogP contribution in [0.2, 0.25) is 0 Å². The molecule has 4 heteroatoms. The van der Waals surface area contributed by atoms with Crippen molar-refractivity contribution in [2.45, 2.75) is 96.3 Å². The third kappa shape index (κ3) is 5.14. The van der Waals surface area contributed by atoms with Crippen LogP contribution in [-0.4, -0.2) is 25.2 Å². The van der Waals surface area contributed by atoms with E-state index in [1.54, 1.807) is 0 Å². The minimum atomic E-state index is -0.361. The highest BCUT2D eigenvalue weighted by Crippen LogP contribution is 2.74. The van der Waals surface area contributed by atoms with E-state index in [0.29, 0.717) is 32.5 Å². The van der Waals surface area contributed by atoms with Crippen LogP contribution in [0.1, 0.15) is 96.3 Å². The molecule has 0 atom stereocenters. The minimum absolute atomic E-state index is 0.0827. The Balaban J connectivity index is 1.40. The molecular weight excluding hydrogens is 340 g/mol. The van der Waals surface area contributed by atoms with Crippen molar-refractivity contribution in [2.24, 2.45) is 10.8 Å². The van der Waals surface area contributed by atoms with Crippen molar-refractivity contribution >= 4 is 11.9 Å². The molecule has 0 aromatic heterocycles. The molecular formula is C23H36O4. The summed E-state index contributed by atoms with van der Waals surface area (Å²) in [6, 6.07) is 0. The zero-order valence-electron chi connectivity index (χ0n) is 16.8. The van der Waals surface area contributed by atoms with Crippen molar-refractivity contribution in [3.63, 3.8) is 0 Å². The number of ether oxygens (including phenoxy) is 2. The lowest BCUT2D eigenvalue weighted by molar-refractivity contribution is -0.237. The van der Waals surface area contributed by atoms with Gasteiger partial charge in [-0.2, -0.15) is 0 Å². The SMILES string of the molecule is O=C1OCCCCCCC/C=C/CCCCCCCOC(=O)C23CC1(C2)C3. The van der Waals surface area contributed by atoms with Gasteiger partial charge < -0.3 is 9.47 Å². The monoisotopic (exact) mass is 376 g/mol. The molecule has 3 aliphatic heterocycles. The van der Waals surface area contributed by atoms with Gasteiger partial charge in [0.25, 0.3) is 0 Å². The molecule has 3 saturated carbocycles. The van der Waals surface area contributed by atoms with E-state index in [4.69, 9.17) is 9.47 Å². The van der Waals surface area contributed by atoms with Crippen LogP contribution < -0.4 is 0 Å². The molecule has 3 heterocycles. The molecule has 2 bridgehead atoms. The lowest BCUT2D eigenvalue weighted by atomic mass is 9.35. The van der Waals surface area contributed by atoms with Gasteiger partial charge in [0.05, 0.1) is 24.0 Å². The minimum Gasteiger partial charge on any atom is -0.465 e. The molecule has 0 aromatic carbocycles. The van der Waals surface area contributed by atoms with Crippen molar-refractivity contribution in [1.82, 2.24) is 0 Å². The highest BCUT2D eigenvalue weighted by molar-refractivity contribution is 5.91. The standard InChI is InChI=1S/C23H36O4/c24-20-22-17-23(18-22,19-22)21(25)27-16-14-12-10-8-6-4-2-1-3-5-7-9-11-13-15-26-20/h1-2H,3-19H2/b2-1+. The van der Waals surface area contributed by atoms with Gasteiger partial charge in [0, 0.05) is 0 Å². The summed E-state index contributed by atoms with van der Waals surface area (Å²) in [5, 5.41) is 0. The van der Waals surface area contributed by atoms with Crippen molar-refractivity contribution in [1.29, 1.82) is 0 Å². The van der Waals surface area contributed by atoms with Crippen LogP contribution in [0.3, 0.4) is 0 Å². The quantitative estimate of drug-likeness (QED) is 0.414. The third-order valence-electron chi connectivity index (χ3n) is 6.56. The number of carbonyl (C=O) groups excluding carboxylic acids is 2. The fraction of sp³-hybridized carbons (Fsp3) is 0.826. The second-order valence-electron chi connectivity index (χ2n) is 8.95. The van der Waals surface area contributed by atoms with Gasteiger partial charge in [0.2, 0.25) is 0 Å². The van der Waals surface area contributed by atoms with Gasteiger partial charge in [-0.1, -0.05) is 50.7 Å². The summed E-state index contributed by atoms with van der Waals surface area (Å²) in [6.45, 7) is 1.05. The highest BCUT2D eigenvalue weighted by atomic mass is 16.5. The molecule has 0 unspecified atom stereocenters. The van der Waals surface area contributed by atoms with Crippen LogP contribution in [0.4, 0.5) is 0 Å². The Hall–Kier alpha value is -1.32. The Morgan fingerprint density at radius 3 is 1.37 bits per heavy atom. The topological polar surface area (TPSA) is 52.6 Å². The molecule has 3 aliphatic carbocycles. The summed E-state index contributed by atoms with van der Waals surface area (Å²) >= 11 is 0. The largest absolute Gasteiger partial charge is 0.465 e. The first kappa shape index (κ1) is 20.4. The number of esters is 2. The maximum Gasteiger partial charge on any atom is 0.312 e. The molecule has 0 N–H and O–H groups in total. The molecule has 27 heavy (non-hydrogen) atoms. The molecule has 6 aliphatic rings. The lowest BCUT2D eigenvalue weighted by Gasteiger charge is -2.66. The molecule has 0 saturated heterocycles. The van der Waals surface area contributed by atoms with Crippen molar-refractivity contribution < 1.29 is 19.1 Å². The predicted octanol–water partition coefficient (Wildman–Crippen LogP) is 5.49. The van der Waals surface area contributed by atoms with E-state index in [1.807, 2.05) is 0 Å². The summed E-state index contributed by atoms with van der Waals surface area (Å²) in [4.78, 5) is 24.6. The number of hydrogen-bond donors (Lipinski definition) is 0. The van der Waals surface area contributed by atoms with Gasteiger partial charge in [-0.3, -0.25) is 9.59 Å². The first-order valence-electron chi connectivity index (χ1n) is 11.2. The van der Waals surface area contributed by atoms with Gasteiger partial charge in [-0.15, -0.1) is 0 Å². The fourth-order valence-electron chi connectivity index (χ4n) is 4.88. The van der Waals surface area contributed by atoms with Crippen molar-refractivity contribution in [3.05, 3.63) is 12.2 Å². The van der Waals surface area contributed by atoms with Gasteiger partial charge in [-0.05, 0) is 57.8 Å². The van der Waals surface area contributed by atoms with Crippen LogP contribution in [0.15, 0.2) is 12.2 Å². The molecule has 4 nitrogen and oxygen atoms in total. The summed E-state index contributed by atoms with van der Waals surface area (Å²) in [7, 11) is 0. The van der Waals surface area contributed by atoms with E-state index >= 15 is 0 Å². The Morgan fingerprint density at radius 1 is 0.556 bits per heavy atom. The van der Waals surface area contributed by atoms with Crippen LogP contribution in [-0.2, 0) is 19.1 Å². The van der Waals surface area contributed by atoms with Crippen molar-refractivity contribution in [3.8, 4) is 0 Å². The normalized spacial score (nSPS) is 35.7. The first-order chi connectivity index (χ1) is 13.2. The summed E-state index contributed by atoms with van der Waals surface area (Å²) in [6.07, 6.45) is 20.6. The second kappa shape index (κ2) is 9.75. The highest BCUT2D eigenvalue weighted by Gasteiger charge is 2.76. The fourth-order valence-corrected chi connectivity index (χ4v) is 4.88. The zero-order chi connectivity index (χ0) is 19.0. The lowest BCUT2D eigenvalue weighted by Crippen LogP contribution is -2.69. The zero-order valence-corrected chi connectivity index (χ0v) is 16.8. The van der Waals surface area contributed by atoms with Gasteiger partial charge in [0.1, 0.15) is 0 Å². The smallest absolute Gasteiger partial charge is 0.312 e. The molecule has 3 fully saturated rings. The van der Waals surface area contributed by atoms with E-state index in [1.165, 1.54) is 51.4 Å². The summed E-state index contributed by atoms with van der Waals surface area (Å²) in [5.41, 5.74) is -0.721. The first-order valence-corrected chi connectivity index (χ1v) is 11.2. The van der Waals surface area contributed by atoms with E-state index in [0.717, 1.165) is 25.7 Å². The van der Waals surface area contributed by atoms with Gasteiger partial charge >= 0.3 is 11.9 Å². The third-order valence-corrected chi connectivity index (χ3v) is 6.56. The average molecular weight is 377 g/mol. The number of allylic oxidation sites excluding steroid dienone is 2. The Morgan fingerprint density at radius 2 is 0.926 bits per heavy atom. The molecule has 0 radical (unpaired) electrons. The molecule has 0 aromatic rings.